The second-order valence-corrected chi connectivity index (χ2v) is 7.06. The lowest BCUT2D eigenvalue weighted by Crippen LogP contribution is -2.00. The van der Waals surface area contributed by atoms with Gasteiger partial charge in [0.2, 0.25) is 3.49 Å². The molecule has 0 aromatic carbocycles. The number of rotatable bonds is 8. The SMILES string of the molecule is CCCCCCCCCC(F)(Br)Br. The Morgan fingerprint density at radius 2 is 1.38 bits per heavy atom. The maximum atomic E-state index is 12.9. The van der Waals surface area contributed by atoms with Gasteiger partial charge in [-0.15, -0.1) is 0 Å². The van der Waals surface area contributed by atoms with Crippen molar-refractivity contribution in [2.45, 2.75) is 61.8 Å². The van der Waals surface area contributed by atoms with Crippen molar-refractivity contribution < 1.29 is 4.39 Å². The molecule has 0 aliphatic heterocycles. The monoisotopic (exact) mass is 316 g/mol. The average molecular weight is 318 g/mol. The predicted octanol–water partition coefficient (Wildman–Crippen LogP) is 5.54. The van der Waals surface area contributed by atoms with Gasteiger partial charge in [0.05, 0.1) is 0 Å². The molecule has 0 aromatic heterocycles. The molecule has 0 fully saturated rings. The summed E-state index contributed by atoms with van der Waals surface area (Å²) >= 11 is 5.85. The average Bonchev–Trinajstić information content (AvgIpc) is 2.01. The van der Waals surface area contributed by atoms with Gasteiger partial charge in [-0.1, -0.05) is 45.4 Å². The summed E-state index contributed by atoms with van der Waals surface area (Å²) in [5.74, 6) is 0. The van der Waals surface area contributed by atoms with Gasteiger partial charge in [-0.3, -0.25) is 0 Å². The van der Waals surface area contributed by atoms with Crippen LogP contribution >= 0.6 is 31.9 Å². The molecule has 0 aliphatic rings. The van der Waals surface area contributed by atoms with Gasteiger partial charge in [-0.05, 0) is 38.3 Å². The fourth-order valence-electron chi connectivity index (χ4n) is 1.28. The van der Waals surface area contributed by atoms with Crippen LogP contribution in [0, 0.1) is 0 Å². The molecule has 0 atom stereocenters. The van der Waals surface area contributed by atoms with Crippen molar-refractivity contribution in [3.05, 3.63) is 0 Å². The van der Waals surface area contributed by atoms with E-state index in [9.17, 15) is 4.39 Å². The molecule has 0 saturated carbocycles. The molecule has 0 heterocycles. The van der Waals surface area contributed by atoms with E-state index in [1.54, 1.807) is 0 Å². The standard InChI is InChI=1S/C10H19Br2F/c1-2-3-4-5-6-7-8-9-10(11,12)13/h2-9H2,1H3. The number of hydrogen-bond donors (Lipinski definition) is 0. The van der Waals surface area contributed by atoms with Crippen LogP contribution in [0.1, 0.15) is 58.3 Å². The van der Waals surface area contributed by atoms with Crippen molar-refractivity contribution >= 4 is 31.9 Å². The zero-order chi connectivity index (χ0) is 10.2. The van der Waals surface area contributed by atoms with E-state index < -0.39 is 3.49 Å². The van der Waals surface area contributed by atoms with Crippen LogP contribution in [0.15, 0.2) is 0 Å². The van der Waals surface area contributed by atoms with Gasteiger partial charge >= 0.3 is 0 Å². The van der Waals surface area contributed by atoms with Crippen molar-refractivity contribution in [1.29, 1.82) is 0 Å². The normalized spacial score (nSPS) is 12.0. The Morgan fingerprint density at radius 3 is 1.85 bits per heavy atom. The van der Waals surface area contributed by atoms with Gasteiger partial charge in [0.25, 0.3) is 0 Å². The summed E-state index contributed by atoms with van der Waals surface area (Å²) in [6, 6.07) is 0. The molecule has 80 valence electrons. The Morgan fingerprint density at radius 1 is 0.923 bits per heavy atom. The predicted molar refractivity (Wildman–Crippen MR) is 64.3 cm³/mol. The summed E-state index contributed by atoms with van der Waals surface area (Å²) in [4.78, 5) is 0. The van der Waals surface area contributed by atoms with Crippen molar-refractivity contribution in [3.63, 3.8) is 0 Å². The largest absolute Gasteiger partial charge is 0.219 e. The Labute approximate surface area is 97.9 Å². The van der Waals surface area contributed by atoms with Crippen LogP contribution in [0.25, 0.3) is 0 Å². The Balaban J connectivity index is 3.00. The number of alkyl halides is 3. The fourth-order valence-corrected chi connectivity index (χ4v) is 1.84. The maximum Gasteiger partial charge on any atom is 0.218 e. The van der Waals surface area contributed by atoms with Gasteiger partial charge in [-0.2, -0.15) is 0 Å². The summed E-state index contributed by atoms with van der Waals surface area (Å²) in [5, 5.41) is 0. The molecule has 13 heavy (non-hydrogen) atoms. The lowest BCUT2D eigenvalue weighted by molar-refractivity contribution is 0.391. The van der Waals surface area contributed by atoms with E-state index in [2.05, 4.69) is 38.8 Å². The van der Waals surface area contributed by atoms with Crippen LogP contribution in [-0.2, 0) is 0 Å². The van der Waals surface area contributed by atoms with Crippen LogP contribution in [0.4, 0.5) is 4.39 Å². The van der Waals surface area contributed by atoms with Gasteiger partial charge in [0, 0.05) is 6.42 Å². The van der Waals surface area contributed by atoms with Crippen LogP contribution in [0.3, 0.4) is 0 Å². The quantitative estimate of drug-likeness (QED) is 0.407. The molecule has 0 aromatic rings. The van der Waals surface area contributed by atoms with Crippen molar-refractivity contribution in [1.82, 2.24) is 0 Å². The molecule has 0 nitrogen and oxygen atoms in total. The van der Waals surface area contributed by atoms with Crippen LogP contribution in [0.5, 0.6) is 0 Å². The summed E-state index contributed by atoms with van der Waals surface area (Å²) < 4.78 is 11.5. The molecule has 0 aliphatic carbocycles. The Kier molecular flexibility index (Phi) is 8.78. The second-order valence-electron chi connectivity index (χ2n) is 3.49. The lowest BCUT2D eigenvalue weighted by atomic mass is 10.1. The van der Waals surface area contributed by atoms with Crippen LogP contribution < -0.4 is 0 Å². The molecule has 0 N–H and O–H groups in total. The highest BCUT2D eigenvalue weighted by Crippen LogP contribution is 2.33. The minimum atomic E-state index is -1.33. The summed E-state index contributed by atoms with van der Waals surface area (Å²) in [5.41, 5.74) is 0. The molecule has 0 spiro atoms. The van der Waals surface area contributed by atoms with E-state index in [1.165, 1.54) is 32.1 Å². The summed E-state index contributed by atoms with van der Waals surface area (Å²) in [6.07, 6.45) is 9.17. The van der Waals surface area contributed by atoms with Gasteiger partial charge in [0.1, 0.15) is 0 Å². The third kappa shape index (κ3) is 12.9. The topological polar surface area (TPSA) is 0 Å². The van der Waals surface area contributed by atoms with E-state index in [-0.39, 0.29) is 0 Å². The first-order chi connectivity index (χ1) is 6.06. The van der Waals surface area contributed by atoms with Crippen molar-refractivity contribution in [2.75, 3.05) is 0 Å². The minimum absolute atomic E-state index is 0.556. The van der Waals surface area contributed by atoms with E-state index in [0.29, 0.717) is 6.42 Å². The van der Waals surface area contributed by atoms with Gasteiger partial charge in [-0.25, -0.2) is 4.39 Å². The van der Waals surface area contributed by atoms with Crippen LogP contribution in [-0.4, -0.2) is 3.49 Å². The van der Waals surface area contributed by atoms with Gasteiger partial charge in [0.15, 0.2) is 0 Å². The Bertz CT molecular complexity index is 110. The number of halogens is 3. The van der Waals surface area contributed by atoms with E-state index in [1.807, 2.05) is 0 Å². The summed E-state index contributed by atoms with van der Waals surface area (Å²) in [6.45, 7) is 2.22. The van der Waals surface area contributed by atoms with Crippen molar-refractivity contribution in [3.8, 4) is 0 Å². The lowest BCUT2D eigenvalue weighted by Gasteiger charge is -2.08. The molecule has 0 bridgehead atoms. The third-order valence-corrected chi connectivity index (χ3v) is 2.86. The zero-order valence-corrected chi connectivity index (χ0v) is 11.5. The second kappa shape index (κ2) is 8.22. The highest BCUT2D eigenvalue weighted by atomic mass is 79.9. The van der Waals surface area contributed by atoms with E-state index in [0.717, 1.165) is 12.8 Å². The first-order valence-electron chi connectivity index (χ1n) is 5.13. The fraction of sp³-hybridized carbons (Fsp3) is 1.00. The molecule has 0 radical (unpaired) electrons. The maximum absolute atomic E-state index is 12.9. The third-order valence-electron chi connectivity index (χ3n) is 2.06. The smallest absolute Gasteiger partial charge is 0.218 e. The number of hydrogen-bond acceptors (Lipinski definition) is 0. The van der Waals surface area contributed by atoms with Crippen molar-refractivity contribution in [2.24, 2.45) is 0 Å². The molecule has 0 saturated heterocycles. The Hall–Kier alpha value is 0.890. The minimum Gasteiger partial charge on any atom is -0.219 e. The molecule has 0 unspecified atom stereocenters. The molecule has 0 rings (SSSR count). The van der Waals surface area contributed by atoms with E-state index in [4.69, 9.17) is 0 Å². The van der Waals surface area contributed by atoms with E-state index >= 15 is 0 Å². The first kappa shape index (κ1) is 13.9. The molecule has 0 amide bonds. The van der Waals surface area contributed by atoms with Crippen LogP contribution in [0.2, 0.25) is 0 Å². The molecular formula is C10H19Br2F. The first-order valence-corrected chi connectivity index (χ1v) is 6.71. The molecule has 3 heteroatoms. The van der Waals surface area contributed by atoms with Gasteiger partial charge < -0.3 is 0 Å². The summed E-state index contributed by atoms with van der Waals surface area (Å²) in [7, 11) is 0. The highest BCUT2D eigenvalue weighted by molar-refractivity contribution is 9.25. The number of unbranched alkanes of at least 4 members (excludes halogenated alkanes) is 6. The molecular weight excluding hydrogens is 299 g/mol. The highest BCUT2D eigenvalue weighted by Gasteiger charge is 2.18. The zero-order valence-electron chi connectivity index (χ0n) is 8.29.